The molecule has 0 bridgehead atoms. The number of carbonyl (C=O) groups excluding carboxylic acids is 3. The van der Waals surface area contributed by atoms with Gasteiger partial charge in [-0.2, -0.15) is 0 Å². The number of carbonyl (C=O) groups is 4. The van der Waals surface area contributed by atoms with Crippen molar-refractivity contribution in [3.05, 3.63) is 45.8 Å². The summed E-state index contributed by atoms with van der Waals surface area (Å²) in [6, 6.07) is 4.57. The van der Waals surface area contributed by atoms with E-state index in [1.807, 2.05) is 0 Å². The molecule has 3 aromatic rings. The lowest BCUT2D eigenvalue weighted by atomic mass is 9.90. The minimum absolute atomic E-state index is 0.0304. The number of ketones is 1. The number of aliphatic carboxylic acids is 1. The Bertz CT molecular complexity index is 1710. The number of nitrogens with two attached hydrogens (primary N) is 1. The fraction of sp³-hybridized carbons (Fsp3) is 0.471. The Hall–Kier alpha value is -4.50. The van der Waals surface area contributed by atoms with E-state index in [1.165, 1.54) is 25.2 Å². The zero-order chi connectivity index (χ0) is 35.8. The van der Waals surface area contributed by atoms with E-state index in [0.29, 0.717) is 10.3 Å². The highest BCUT2D eigenvalue weighted by Gasteiger charge is 2.34. The largest absolute Gasteiger partial charge is 0.493 e. The van der Waals surface area contributed by atoms with Crippen LogP contribution in [0.1, 0.15) is 60.3 Å². The van der Waals surface area contributed by atoms with Gasteiger partial charge in [0.2, 0.25) is 5.91 Å². The second-order valence-corrected chi connectivity index (χ2v) is 12.6. The number of fused-ring (bicyclic) bond motifs is 2. The number of thiophene rings is 1. The summed E-state index contributed by atoms with van der Waals surface area (Å²) in [4.78, 5) is 50.6. The van der Waals surface area contributed by atoms with E-state index in [4.69, 9.17) is 29.4 Å². The number of hydrogen-bond acceptors (Lipinski definition) is 11. The maximum absolute atomic E-state index is 15.7. The Kier molecular flexibility index (Phi) is 12.8. The van der Waals surface area contributed by atoms with E-state index in [-0.39, 0.29) is 110 Å². The summed E-state index contributed by atoms with van der Waals surface area (Å²) in [6.45, 7) is 3.63. The van der Waals surface area contributed by atoms with Gasteiger partial charge in [0, 0.05) is 54.1 Å². The van der Waals surface area contributed by atoms with Gasteiger partial charge in [0.1, 0.15) is 0 Å². The summed E-state index contributed by atoms with van der Waals surface area (Å²) in [5.41, 5.74) is 6.39. The van der Waals surface area contributed by atoms with Crippen LogP contribution >= 0.6 is 11.3 Å². The number of rotatable bonds is 18. The zero-order valence-corrected chi connectivity index (χ0v) is 28.6. The molecule has 0 saturated heterocycles. The van der Waals surface area contributed by atoms with Crippen LogP contribution in [0.5, 0.6) is 23.0 Å². The number of halogens is 2. The SMILES string of the molecule is CCOC(=O)CCC(=O)c1cc2c(F)c(OCCCOc3c(OC)cc4c(c3F)CN(C(=O)C[C@H](C(=O)O)C(C)CN)C4)c(OC)cc2s1. The fourth-order valence-electron chi connectivity index (χ4n) is 5.44. The molecule has 0 spiro atoms. The Morgan fingerprint density at radius 3 is 2.24 bits per heavy atom. The molecule has 12 nitrogen and oxygen atoms in total. The molecule has 2 atom stereocenters. The van der Waals surface area contributed by atoms with Gasteiger partial charge in [0.05, 0.1) is 51.3 Å². The van der Waals surface area contributed by atoms with Gasteiger partial charge >= 0.3 is 11.9 Å². The van der Waals surface area contributed by atoms with Gasteiger partial charge in [0.15, 0.2) is 40.4 Å². The molecule has 0 radical (unpaired) electrons. The van der Waals surface area contributed by atoms with Crippen LogP contribution in [0.25, 0.3) is 10.1 Å². The Morgan fingerprint density at radius 1 is 0.980 bits per heavy atom. The molecule has 2 aromatic carbocycles. The van der Waals surface area contributed by atoms with Crippen molar-refractivity contribution in [2.75, 3.05) is 40.6 Å². The van der Waals surface area contributed by atoms with Crippen LogP contribution < -0.4 is 24.7 Å². The molecule has 1 aliphatic rings. The van der Waals surface area contributed by atoms with Crippen LogP contribution in [0, 0.1) is 23.5 Å². The highest BCUT2D eigenvalue weighted by atomic mass is 32.1. The molecule has 49 heavy (non-hydrogen) atoms. The number of Topliss-reactive ketones (excluding diaryl/α,β-unsaturated/α-hetero) is 1. The molecule has 266 valence electrons. The van der Waals surface area contributed by atoms with Crippen LogP contribution in [-0.2, 0) is 32.2 Å². The number of methoxy groups -OCH3 is 2. The molecule has 15 heteroatoms. The number of carboxylic acids is 1. The molecule has 1 aliphatic heterocycles. The van der Waals surface area contributed by atoms with Crippen molar-refractivity contribution in [3.63, 3.8) is 0 Å². The lowest BCUT2D eigenvalue weighted by Gasteiger charge is -2.22. The van der Waals surface area contributed by atoms with Crippen molar-refractivity contribution in [3.8, 4) is 23.0 Å². The summed E-state index contributed by atoms with van der Waals surface area (Å²) < 4.78 is 58.7. The Balaban J connectivity index is 1.38. The average molecular weight is 707 g/mol. The van der Waals surface area contributed by atoms with Gasteiger partial charge in [-0.25, -0.2) is 8.78 Å². The Labute approximate surface area is 286 Å². The number of hydrogen-bond donors (Lipinski definition) is 2. The third-order valence-electron chi connectivity index (χ3n) is 8.25. The molecule has 0 fully saturated rings. The van der Waals surface area contributed by atoms with Crippen molar-refractivity contribution in [1.82, 2.24) is 4.90 Å². The topological polar surface area (TPSA) is 164 Å². The number of carboxylic acid groups (broad SMARTS) is 1. The minimum Gasteiger partial charge on any atom is -0.493 e. The first-order chi connectivity index (χ1) is 23.4. The first-order valence-corrected chi connectivity index (χ1v) is 16.6. The predicted molar refractivity (Wildman–Crippen MR) is 175 cm³/mol. The van der Waals surface area contributed by atoms with Crippen molar-refractivity contribution < 1.29 is 56.7 Å². The molecule has 2 heterocycles. The summed E-state index contributed by atoms with van der Waals surface area (Å²) >= 11 is 1.08. The highest BCUT2D eigenvalue weighted by Crippen LogP contribution is 2.41. The third kappa shape index (κ3) is 8.57. The number of benzene rings is 2. The van der Waals surface area contributed by atoms with Gasteiger partial charge in [-0.1, -0.05) is 6.92 Å². The van der Waals surface area contributed by atoms with Crippen molar-refractivity contribution in [2.24, 2.45) is 17.6 Å². The Morgan fingerprint density at radius 2 is 1.63 bits per heavy atom. The first kappa shape index (κ1) is 37.3. The second-order valence-electron chi connectivity index (χ2n) is 11.5. The van der Waals surface area contributed by atoms with Crippen molar-refractivity contribution >= 4 is 45.1 Å². The van der Waals surface area contributed by atoms with Crippen LogP contribution in [0.4, 0.5) is 8.78 Å². The van der Waals surface area contributed by atoms with E-state index < -0.39 is 41.3 Å². The highest BCUT2D eigenvalue weighted by molar-refractivity contribution is 7.20. The van der Waals surface area contributed by atoms with Gasteiger partial charge in [-0.3, -0.25) is 19.2 Å². The second kappa shape index (κ2) is 16.7. The molecular formula is C34H40F2N2O10S. The third-order valence-corrected chi connectivity index (χ3v) is 9.38. The van der Waals surface area contributed by atoms with Crippen LogP contribution in [0.15, 0.2) is 18.2 Å². The monoisotopic (exact) mass is 706 g/mol. The first-order valence-electron chi connectivity index (χ1n) is 15.8. The van der Waals surface area contributed by atoms with Crippen LogP contribution in [0.3, 0.4) is 0 Å². The maximum atomic E-state index is 15.7. The van der Waals surface area contributed by atoms with E-state index in [1.54, 1.807) is 26.0 Å². The molecule has 0 saturated carbocycles. The average Bonchev–Trinajstić information content (AvgIpc) is 3.72. The molecule has 1 unspecified atom stereocenters. The minimum atomic E-state index is -1.12. The summed E-state index contributed by atoms with van der Waals surface area (Å²) in [6.07, 6.45) is -0.193. The number of esters is 1. The van der Waals surface area contributed by atoms with Crippen LogP contribution in [-0.4, -0.2) is 74.2 Å². The van der Waals surface area contributed by atoms with Gasteiger partial charge in [-0.15, -0.1) is 11.3 Å². The molecule has 0 aliphatic carbocycles. The lowest BCUT2D eigenvalue weighted by Crippen LogP contribution is -2.34. The van der Waals surface area contributed by atoms with E-state index in [0.717, 1.165) is 11.3 Å². The zero-order valence-electron chi connectivity index (χ0n) is 27.8. The smallest absolute Gasteiger partial charge is 0.307 e. The van der Waals surface area contributed by atoms with Crippen LogP contribution in [0.2, 0.25) is 0 Å². The molecular weight excluding hydrogens is 666 g/mol. The molecule has 1 amide bonds. The van der Waals surface area contributed by atoms with Crippen molar-refractivity contribution in [2.45, 2.75) is 52.6 Å². The standard InChI is InChI=1S/C34H40F2N2O10S/c1-5-46-29(41)8-7-23(39)27-12-21-26(49-27)14-25(45-4)33(30(21)35)48-10-6-9-47-32-24(44-3)11-19-16-38(17-22(19)31(32)36)28(40)13-20(34(42)43)18(2)15-37/h11-12,14,18,20H,5-10,13,15-17,37H2,1-4H3,(H,42,43)/t18?,20-/m0/s1. The van der Waals surface area contributed by atoms with E-state index in [2.05, 4.69) is 0 Å². The molecule has 4 rings (SSSR count). The number of ether oxygens (including phenoxy) is 5. The lowest BCUT2D eigenvalue weighted by molar-refractivity contribution is -0.148. The quantitative estimate of drug-likeness (QED) is 0.103. The summed E-state index contributed by atoms with van der Waals surface area (Å²) in [5.74, 6) is -5.20. The normalized spacial score (nSPS) is 13.5. The molecule has 1 aromatic heterocycles. The van der Waals surface area contributed by atoms with Crippen molar-refractivity contribution in [1.29, 1.82) is 0 Å². The maximum Gasteiger partial charge on any atom is 0.307 e. The summed E-state index contributed by atoms with van der Waals surface area (Å²) in [7, 11) is 2.72. The van der Waals surface area contributed by atoms with E-state index in [9.17, 15) is 24.3 Å². The fourth-order valence-corrected chi connectivity index (χ4v) is 6.49. The predicted octanol–water partition coefficient (Wildman–Crippen LogP) is 5.10. The van der Waals surface area contributed by atoms with Gasteiger partial charge in [-0.05, 0) is 37.1 Å². The number of nitrogens with zero attached hydrogens (tertiary/aromatic N) is 1. The number of amides is 1. The van der Waals surface area contributed by atoms with E-state index >= 15 is 8.78 Å². The molecule has 3 N–H and O–H groups in total. The summed E-state index contributed by atoms with van der Waals surface area (Å²) in [5, 5.41) is 9.71. The van der Waals surface area contributed by atoms with Gasteiger partial charge < -0.3 is 39.4 Å². The van der Waals surface area contributed by atoms with Gasteiger partial charge in [0.25, 0.3) is 0 Å².